The lowest BCUT2D eigenvalue weighted by molar-refractivity contribution is 0.540. The SMILES string of the molecule is [2H]C([2H])=C(C1CC=C(C)CC1)C([2H])([2H])[2H]. The van der Waals surface area contributed by atoms with Crippen LogP contribution in [0, 0.1) is 5.92 Å². The van der Waals surface area contributed by atoms with Gasteiger partial charge >= 0.3 is 0 Å². The summed E-state index contributed by atoms with van der Waals surface area (Å²) < 4.78 is 36.4. The van der Waals surface area contributed by atoms with Gasteiger partial charge in [0.05, 0.1) is 2.74 Å². The van der Waals surface area contributed by atoms with Crippen LogP contribution in [-0.4, -0.2) is 0 Å². The molecule has 56 valence electrons. The Kier molecular flexibility index (Phi) is 0.990. The second kappa shape index (κ2) is 3.05. The maximum Gasteiger partial charge on any atom is 0.0537 e. The molecule has 0 saturated heterocycles. The van der Waals surface area contributed by atoms with E-state index < -0.39 is 13.4 Å². The van der Waals surface area contributed by atoms with Gasteiger partial charge in [0, 0.05) is 4.11 Å². The highest BCUT2D eigenvalue weighted by Crippen LogP contribution is 2.27. The Hall–Kier alpha value is -0.520. The van der Waals surface area contributed by atoms with Crippen molar-refractivity contribution in [3.8, 4) is 0 Å². The third-order valence-electron chi connectivity index (χ3n) is 2.05. The maximum absolute atomic E-state index is 7.32. The van der Waals surface area contributed by atoms with E-state index in [2.05, 4.69) is 0 Å². The molecule has 1 aliphatic rings. The van der Waals surface area contributed by atoms with Gasteiger partial charge in [-0.15, -0.1) is 0 Å². The summed E-state index contributed by atoms with van der Waals surface area (Å²) >= 11 is 0. The fourth-order valence-electron chi connectivity index (χ4n) is 1.23. The van der Waals surface area contributed by atoms with Gasteiger partial charge in [-0.25, -0.2) is 0 Å². The molecule has 0 N–H and O–H groups in total. The van der Waals surface area contributed by atoms with Crippen LogP contribution in [0.25, 0.3) is 0 Å². The molecule has 0 fully saturated rings. The fraction of sp³-hybridized carbons (Fsp3) is 0.600. The van der Waals surface area contributed by atoms with Gasteiger partial charge in [-0.3, -0.25) is 0 Å². The Morgan fingerprint density at radius 3 is 3.40 bits per heavy atom. The van der Waals surface area contributed by atoms with E-state index in [4.69, 9.17) is 6.85 Å². The number of hydrogen-bond donors (Lipinski definition) is 0. The van der Waals surface area contributed by atoms with Gasteiger partial charge < -0.3 is 0 Å². The van der Waals surface area contributed by atoms with Gasteiger partial charge in [-0.05, 0) is 39.0 Å². The summed E-state index contributed by atoms with van der Waals surface area (Å²) in [5.41, 5.74) is 1.29. The molecule has 0 nitrogen and oxygen atoms in total. The van der Waals surface area contributed by atoms with E-state index in [0.717, 1.165) is 12.8 Å². The van der Waals surface area contributed by atoms with Crippen LogP contribution in [0.3, 0.4) is 0 Å². The summed E-state index contributed by atoms with van der Waals surface area (Å²) in [6, 6.07) is 0. The molecule has 0 aromatic heterocycles. The van der Waals surface area contributed by atoms with Crippen molar-refractivity contribution in [1.82, 2.24) is 0 Å². The Morgan fingerprint density at radius 2 is 2.90 bits per heavy atom. The van der Waals surface area contributed by atoms with Crippen LogP contribution >= 0.6 is 0 Å². The van der Waals surface area contributed by atoms with Crippen molar-refractivity contribution in [2.75, 3.05) is 0 Å². The highest BCUT2D eigenvalue weighted by Gasteiger charge is 2.11. The Balaban J connectivity index is 2.90. The van der Waals surface area contributed by atoms with E-state index in [1.165, 1.54) is 5.57 Å². The average Bonchev–Trinajstić information content (AvgIpc) is 2.05. The summed E-state index contributed by atoms with van der Waals surface area (Å²) in [5.74, 6) is -0.147. The molecule has 1 atom stereocenters. The van der Waals surface area contributed by atoms with Crippen LogP contribution in [0.5, 0.6) is 0 Å². The molecule has 10 heavy (non-hydrogen) atoms. The first-order valence-electron chi connectivity index (χ1n) is 6.16. The van der Waals surface area contributed by atoms with Gasteiger partial charge in [-0.1, -0.05) is 23.8 Å². The number of hydrogen-bond acceptors (Lipinski definition) is 0. The first-order valence-corrected chi connectivity index (χ1v) is 3.66. The summed E-state index contributed by atoms with van der Waals surface area (Å²) in [7, 11) is 0. The summed E-state index contributed by atoms with van der Waals surface area (Å²) in [4.78, 5) is 0. The molecule has 0 bridgehead atoms. The third-order valence-corrected chi connectivity index (χ3v) is 2.05. The van der Waals surface area contributed by atoms with E-state index in [1.807, 2.05) is 13.0 Å². The van der Waals surface area contributed by atoms with Crippen molar-refractivity contribution in [3.63, 3.8) is 0 Å². The predicted octanol–water partition coefficient (Wildman–Crippen LogP) is 3.31. The predicted molar refractivity (Wildman–Crippen MR) is 45.9 cm³/mol. The molecular formula is C10H16. The molecule has 1 rings (SSSR count). The average molecular weight is 141 g/mol. The van der Waals surface area contributed by atoms with Gasteiger partial charge in [0.25, 0.3) is 0 Å². The lowest BCUT2D eigenvalue weighted by atomic mass is 9.86. The van der Waals surface area contributed by atoms with Crippen molar-refractivity contribution in [2.45, 2.75) is 33.0 Å². The zero-order valence-electron chi connectivity index (χ0n) is 11.3. The summed E-state index contributed by atoms with van der Waals surface area (Å²) in [6.07, 6.45) is 4.29. The van der Waals surface area contributed by atoms with Crippen molar-refractivity contribution >= 4 is 0 Å². The van der Waals surface area contributed by atoms with Gasteiger partial charge in [-0.2, -0.15) is 0 Å². The lowest BCUT2D eigenvalue weighted by Gasteiger charge is -2.19. The molecular weight excluding hydrogens is 120 g/mol. The molecule has 0 heterocycles. The van der Waals surface area contributed by atoms with E-state index in [9.17, 15) is 0 Å². The highest BCUT2D eigenvalue weighted by molar-refractivity contribution is 5.09. The van der Waals surface area contributed by atoms with Crippen LogP contribution in [0.4, 0.5) is 0 Å². The minimum Gasteiger partial charge on any atom is -0.0998 e. The minimum atomic E-state index is -2.29. The van der Waals surface area contributed by atoms with Gasteiger partial charge in [0.2, 0.25) is 0 Å². The van der Waals surface area contributed by atoms with Crippen LogP contribution in [0.1, 0.15) is 39.9 Å². The second-order valence-electron chi connectivity index (χ2n) is 2.94. The summed E-state index contributed by atoms with van der Waals surface area (Å²) in [6.45, 7) is -0.798. The molecule has 0 spiro atoms. The van der Waals surface area contributed by atoms with Crippen LogP contribution in [-0.2, 0) is 0 Å². The molecule has 0 saturated carbocycles. The minimum absolute atomic E-state index is 0.0197. The molecule has 0 amide bonds. The van der Waals surface area contributed by atoms with Crippen molar-refractivity contribution in [3.05, 3.63) is 23.8 Å². The molecule has 1 aliphatic carbocycles. The van der Waals surface area contributed by atoms with E-state index in [1.54, 1.807) is 0 Å². The van der Waals surface area contributed by atoms with Crippen molar-refractivity contribution in [1.29, 1.82) is 0 Å². The number of allylic oxidation sites excluding steroid dienone is 3. The maximum atomic E-state index is 7.32. The van der Waals surface area contributed by atoms with Gasteiger partial charge in [0.1, 0.15) is 0 Å². The van der Waals surface area contributed by atoms with E-state index in [0.29, 0.717) is 6.42 Å². The smallest absolute Gasteiger partial charge is 0.0537 e. The van der Waals surface area contributed by atoms with E-state index >= 15 is 0 Å². The highest BCUT2D eigenvalue weighted by atomic mass is 14.2. The quantitative estimate of drug-likeness (QED) is 0.491. The third kappa shape index (κ3) is 1.73. The first kappa shape index (κ1) is 3.25. The molecule has 0 radical (unpaired) electrons. The van der Waals surface area contributed by atoms with Crippen LogP contribution in [0.15, 0.2) is 23.8 Å². The van der Waals surface area contributed by atoms with E-state index in [-0.39, 0.29) is 11.5 Å². The number of rotatable bonds is 1. The van der Waals surface area contributed by atoms with Crippen molar-refractivity contribution in [2.24, 2.45) is 5.92 Å². The normalized spacial score (nSPS) is 33.9. The lowest BCUT2D eigenvalue weighted by Crippen LogP contribution is -2.04. The molecule has 0 heteroatoms. The Morgan fingerprint density at radius 1 is 2.00 bits per heavy atom. The molecule has 0 aromatic carbocycles. The monoisotopic (exact) mass is 141 g/mol. The zero-order chi connectivity index (χ0) is 11.6. The molecule has 0 aliphatic heterocycles. The topological polar surface area (TPSA) is 0 Å². The Labute approximate surface area is 70.7 Å². The van der Waals surface area contributed by atoms with Crippen LogP contribution in [0.2, 0.25) is 0 Å². The van der Waals surface area contributed by atoms with Crippen molar-refractivity contribution < 1.29 is 6.85 Å². The van der Waals surface area contributed by atoms with Gasteiger partial charge in [0.15, 0.2) is 0 Å². The fourth-order valence-corrected chi connectivity index (χ4v) is 1.23. The largest absolute Gasteiger partial charge is 0.0998 e. The molecule has 0 aromatic rings. The molecule has 1 unspecified atom stereocenters. The standard InChI is InChI=1S/C10H16/c1-8(2)10-6-4-9(3)5-7-10/h4,10H,1,5-7H2,2-3H3/i1D2,2D3. The van der Waals surface area contributed by atoms with Crippen LogP contribution < -0.4 is 0 Å². The zero-order valence-corrected chi connectivity index (χ0v) is 6.28. The Bertz CT molecular complexity index is 293. The second-order valence-corrected chi connectivity index (χ2v) is 2.94. The first-order chi connectivity index (χ1) is 6.82. The summed E-state index contributed by atoms with van der Waals surface area (Å²) in [5, 5.41) is 0.